The summed E-state index contributed by atoms with van der Waals surface area (Å²) in [5.41, 5.74) is 5.95. The van der Waals surface area contributed by atoms with Crippen LogP contribution in [0, 0.1) is 5.92 Å². The van der Waals surface area contributed by atoms with Crippen LogP contribution in [0.1, 0.15) is 70.6 Å². The highest BCUT2D eigenvalue weighted by Crippen LogP contribution is 2.43. The number of hydrogen-bond donors (Lipinski definition) is 1. The van der Waals surface area contributed by atoms with E-state index in [2.05, 4.69) is 0 Å². The molecule has 1 unspecified atom stereocenters. The highest BCUT2D eigenvalue weighted by molar-refractivity contribution is 5.90. The predicted octanol–water partition coefficient (Wildman–Crippen LogP) is 2.96. The molecule has 108 valence electrons. The fraction of sp³-hybridized carbons (Fsp3) is 0.938. The molecule has 2 saturated carbocycles. The van der Waals surface area contributed by atoms with Crippen molar-refractivity contribution in [3.8, 4) is 0 Å². The molecule has 0 amide bonds. The number of nitrogens with two attached hydrogens (primary N) is 1. The fourth-order valence-corrected chi connectivity index (χ4v) is 4.45. The number of ketones is 1. The van der Waals surface area contributed by atoms with E-state index in [0.29, 0.717) is 5.78 Å². The second-order valence-electron chi connectivity index (χ2n) is 7.01. The molecule has 1 spiro atoms. The maximum Gasteiger partial charge on any atom is 0.155 e. The van der Waals surface area contributed by atoms with Crippen molar-refractivity contribution in [2.24, 2.45) is 11.7 Å². The molecule has 1 saturated heterocycles. The quantitative estimate of drug-likeness (QED) is 0.835. The molecule has 1 aliphatic heterocycles. The first-order valence-electron chi connectivity index (χ1n) is 8.11. The number of hydrogen-bond acceptors (Lipinski definition) is 3. The van der Waals surface area contributed by atoms with Gasteiger partial charge < -0.3 is 10.5 Å². The lowest BCUT2D eigenvalue weighted by molar-refractivity contribution is -0.142. The molecule has 3 nitrogen and oxygen atoms in total. The van der Waals surface area contributed by atoms with Crippen LogP contribution in [0.25, 0.3) is 0 Å². The van der Waals surface area contributed by atoms with Gasteiger partial charge in [-0.3, -0.25) is 4.79 Å². The molecule has 1 heterocycles. The topological polar surface area (TPSA) is 52.3 Å². The molecular weight excluding hydrogens is 238 g/mol. The van der Waals surface area contributed by atoms with Crippen molar-refractivity contribution in [1.29, 1.82) is 0 Å². The maximum absolute atomic E-state index is 12.8. The summed E-state index contributed by atoms with van der Waals surface area (Å²) in [6.07, 6.45) is 11.9. The Labute approximate surface area is 116 Å². The standard InChI is InChI=1S/C16H27NO2/c17-16(9-2-1-3-10-16)14(18)13-6-11-19-15(12-13)7-4-5-8-15/h13H,1-12,17H2. The van der Waals surface area contributed by atoms with Crippen LogP contribution in [-0.4, -0.2) is 23.5 Å². The maximum atomic E-state index is 12.8. The van der Waals surface area contributed by atoms with Gasteiger partial charge in [0.25, 0.3) is 0 Å². The predicted molar refractivity (Wildman–Crippen MR) is 74.9 cm³/mol. The van der Waals surface area contributed by atoms with E-state index in [-0.39, 0.29) is 11.5 Å². The van der Waals surface area contributed by atoms with E-state index in [0.717, 1.165) is 58.0 Å². The number of carbonyl (C=O) groups is 1. The number of ether oxygens (including phenoxy) is 1. The average molecular weight is 265 g/mol. The Morgan fingerprint density at radius 3 is 2.32 bits per heavy atom. The third-order valence-corrected chi connectivity index (χ3v) is 5.62. The van der Waals surface area contributed by atoms with Crippen LogP contribution in [-0.2, 0) is 9.53 Å². The van der Waals surface area contributed by atoms with E-state index in [9.17, 15) is 4.79 Å². The molecule has 0 bridgehead atoms. The fourth-order valence-electron chi connectivity index (χ4n) is 4.45. The lowest BCUT2D eigenvalue weighted by Gasteiger charge is -2.41. The summed E-state index contributed by atoms with van der Waals surface area (Å²) in [4.78, 5) is 12.8. The first-order chi connectivity index (χ1) is 9.14. The minimum atomic E-state index is -0.514. The zero-order valence-corrected chi connectivity index (χ0v) is 12.0. The van der Waals surface area contributed by atoms with Crippen molar-refractivity contribution < 1.29 is 9.53 Å². The number of rotatable bonds is 2. The van der Waals surface area contributed by atoms with E-state index in [4.69, 9.17) is 10.5 Å². The third kappa shape index (κ3) is 2.59. The zero-order valence-electron chi connectivity index (χ0n) is 12.0. The Morgan fingerprint density at radius 2 is 1.63 bits per heavy atom. The van der Waals surface area contributed by atoms with Crippen LogP contribution in [0.15, 0.2) is 0 Å². The first-order valence-corrected chi connectivity index (χ1v) is 8.11. The highest BCUT2D eigenvalue weighted by Gasteiger charge is 2.46. The summed E-state index contributed by atoms with van der Waals surface area (Å²) in [5.74, 6) is 0.511. The third-order valence-electron chi connectivity index (χ3n) is 5.62. The van der Waals surface area contributed by atoms with Crippen molar-refractivity contribution in [2.45, 2.75) is 81.8 Å². The van der Waals surface area contributed by atoms with Gasteiger partial charge in [-0.15, -0.1) is 0 Å². The summed E-state index contributed by atoms with van der Waals surface area (Å²) in [6, 6.07) is 0. The summed E-state index contributed by atoms with van der Waals surface area (Å²) < 4.78 is 6.03. The van der Waals surface area contributed by atoms with Gasteiger partial charge in [0.2, 0.25) is 0 Å². The number of carbonyl (C=O) groups excluding carboxylic acids is 1. The van der Waals surface area contributed by atoms with Crippen LogP contribution in [0.4, 0.5) is 0 Å². The molecule has 3 heteroatoms. The van der Waals surface area contributed by atoms with Crippen LogP contribution in [0.3, 0.4) is 0 Å². The Balaban J connectivity index is 1.69. The molecule has 2 N–H and O–H groups in total. The SMILES string of the molecule is NC1(C(=O)C2CCOC3(CCCC3)C2)CCCCC1. The van der Waals surface area contributed by atoms with Gasteiger partial charge in [-0.05, 0) is 38.5 Å². The van der Waals surface area contributed by atoms with Gasteiger partial charge in [0.05, 0.1) is 11.1 Å². The van der Waals surface area contributed by atoms with Crippen molar-refractivity contribution in [1.82, 2.24) is 0 Å². The highest BCUT2D eigenvalue weighted by atomic mass is 16.5. The Kier molecular flexibility index (Phi) is 3.69. The molecular formula is C16H27NO2. The lowest BCUT2D eigenvalue weighted by Crippen LogP contribution is -2.54. The van der Waals surface area contributed by atoms with Crippen molar-refractivity contribution in [3.63, 3.8) is 0 Å². The van der Waals surface area contributed by atoms with E-state index in [1.54, 1.807) is 0 Å². The average Bonchev–Trinajstić information content (AvgIpc) is 2.87. The van der Waals surface area contributed by atoms with E-state index >= 15 is 0 Å². The molecule has 2 aliphatic carbocycles. The van der Waals surface area contributed by atoms with Crippen molar-refractivity contribution in [2.75, 3.05) is 6.61 Å². The number of Topliss-reactive ketones (excluding diaryl/α,β-unsaturated/α-hetero) is 1. The van der Waals surface area contributed by atoms with Crippen LogP contribution in [0.5, 0.6) is 0 Å². The van der Waals surface area contributed by atoms with Crippen molar-refractivity contribution >= 4 is 5.78 Å². The Morgan fingerprint density at radius 1 is 1.00 bits per heavy atom. The molecule has 0 aromatic heterocycles. The molecule has 0 aromatic rings. The molecule has 3 aliphatic rings. The molecule has 19 heavy (non-hydrogen) atoms. The van der Waals surface area contributed by atoms with Crippen LogP contribution < -0.4 is 5.73 Å². The van der Waals surface area contributed by atoms with Crippen LogP contribution in [0.2, 0.25) is 0 Å². The normalized spacial score (nSPS) is 33.4. The summed E-state index contributed by atoms with van der Waals surface area (Å²) in [6.45, 7) is 0.756. The van der Waals surface area contributed by atoms with Crippen LogP contribution >= 0.6 is 0 Å². The Hall–Kier alpha value is -0.410. The second-order valence-corrected chi connectivity index (χ2v) is 7.01. The van der Waals surface area contributed by atoms with Gasteiger partial charge >= 0.3 is 0 Å². The molecule has 0 aromatic carbocycles. The molecule has 0 radical (unpaired) electrons. The Bertz CT molecular complexity index is 341. The van der Waals surface area contributed by atoms with E-state index < -0.39 is 5.54 Å². The summed E-state index contributed by atoms with van der Waals surface area (Å²) >= 11 is 0. The molecule has 1 atom stereocenters. The minimum absolute atomic E-state index is 0.0314. The van der Waals surface area contributed by atoms with Gasteiger partial charge in [-0.25, -0.2) is 0 Å². The van der Waals surface area contributed by atoms with Gasteiger partial charge in [-0.1, -0.05) is 32.1 Å². The first kappa shape index (κ1) is 13.6. The van der Waals surface area contributed by atoms with E-state index in [1.807, 2.05) is 0 Å². The van der Waals surface area contributed by atoms with E-state index in [1.165, 1.54) is 19.3 Å². The molecule has 3 rings (SSSR count). The molecule has 3 fully saturated rings. The smallest absolute Gasteiger partial charge is 0.155 e. The monoisotopic (exact) mass is 265 g/mol. The van der Waals surface area contributed by atoms with Gasteiger partial charge in [0.15, 0.2) is 5.78 Å². The summed E-state index contributed by atoms with van der Waals surface area (Å²) in [5, 5.41) is 0. The zero-order chi connectivity index (χ0) is 13.3. The van der Waals surface area contributed by atoms with Gasteiger partial charge in [-0.2, -0.15) is 0 Å². The minimum Gasteiger partial charge on any atom is -0.375 e. The van der Waals surface area contributed by atoms with Crippen molar-refractivity contribution in [3.05, 3.63) is 0 Å². The lowest BCUT2D eigenvalue weighted by atomic mass is 9.71. The second kappa shape index (κ2) is 5.17. The van der Waals surface area contributed by atoms with Gasteiger partial charge in [0.1, 0.15) is 0 Å². The summed E-state index contributed by atoms with van der Waals surface area (Å²) in [7, 11) is 0. The van der Waals surface area contributed by atoms with Gasteiger partial charge in [0, 0.05) is 12.5 Å². The largest absolute Gasteiger partial charge is 0.375 e.